The number of epoxide rings is 1. The van der Waals surface area contributed by atoms with E-state index in [1.807, 2.05) is 25.2 Å². The number of hydrogen-bond acceptors (Lipinski definition) is 7. The van der Waals surface area contributed by atoms with Crippen molar-refractivity contribution >= 4 is 17.3 Å². The van der Waals surface area contributed by atoms with Crippen molar-refractivity contribution in [2.45, 2.75) is 155 Å². The number of phenols is 1. The molecule has 0 amide bonds. The summed E-state index contributed by atoms with van der Waals surface area (Å²) in [6.07, 6.45) is 11.0. The fraction of sp³-hybridized carbons (Fsp3) is 0.680. The molecule has 6 fully saturated rings. The first kappa shape index (κ1) is 39.5. The van der Waals surface area contributed by atoms with Crippen LogP contribution in [-0.4, -0.2) is 46.6 Å². The van der Waals surface area contributed by atoms with E-state index in [-0.39, 0.29) is 57.4 Å². The van der Waals surface area contributed by atoms with Gasteiger partial charge in [-0.3, -0.25) is 9.59 Å². The minimum absolute atomic E-state index is 0.00186. The van der Waals surface area contributed by atoms with Crippen LogP contribution in [0.15, 0.2) is 53.6 Å². The van der Waals surface area contributed by atoms with E-state index in [9.17, 15) is 19.8 Å². The number of ketones is 2. The molecule has 7 nitrogen and oxygen atoms in total. The molecule has 0 radical (unpaired) electrons. The summed E-state index contributed by atoms with van der Waals surface area (Å²) in [5.74, 6) is 1.93. The molecule has 2 aromatic carbocycles. The van der Waals surface area contributed by atoms with Crippen molar-refractivity contribution in [3.05, 3.63) is 70.3 Å². The van der Waals surface area contributed by atoms with Gasteiger partial charge in [-0.15, -0.1) is 0 Å². The largest absolute Gasteiger partial charge is 0.508 e. The fourth-order valence-corrected chi connectivity index (χ4v) is 16.1. The Morgan fingerprint density at radius 1 is 0.930 bits per heavy atom. The summed E-state index contributed by atoms with van der Waals surface area (Å²) in [6, 6.07) is 14.1. The molecule has 1 saturated heterocycles. The van der Waals surface area contributed by atoms with Crippen LogP contribution in [-0.2, 0) is 20.9 Å². The Bertz CT molecular complexity index is 2000. The number of hydrogen-bond donors (Lipinski definition) is 4. The Balaban J connectivity index is 1.00. The number of allylic oxidation sites excluding steroid dienone is 2. The van der Waals surface area contributed by atoms with Crippen molar-refractivity contribution in [1.82, 2.24) is 5.32 Å². The van der Waals surface area contributed by atoms with Gasteiger partial charge in [0.05, 0.1) is 11.7 Å². The summed E-state index contributed by atoms with van der Waals surface area (Å²) in [6.45, 7) is 14.4. The van der Waals surface area contributed by atoms with Crippen LogP contribution in [0, 0.1) is 51.2 Å². The van der Waals surface area contributed by atoms with Crippen LogP contribution in [0.3, 0.4) is 0 Å². The number of carbonyl (C=O) groups excluding carboxylic acids is 2. The smallest absolute Gasteiger partial charge is 0.163 e. The first-order valence-electron chi connectivity index (χ1n) is 22.5. The Hall–Kier alpha value is -3.00. The minimum atomic E-state index is -0.631. The Morgan fingerprint density at radius 2 is 1.72 bits per heavy atom. The summed E-state index contributed by atoms with van der Waals surface area (Å²) < 4.78 is 6.52. The number of anilines is 1. The molecule has 6 aliphatic carbocycles. The van der Waals surface area contributed by atoms with Gasteiger partial charge in [0.25, 0.3) is 0 Å². The van der Waals surface area contributed by atoms with Gasteiger partial charge in [0.1, 0.15) is 17.6 Å². The van der Waals surface area contributed by atoms with Crippen LogP contribution in [0.25, 0.3) is 0 Å². The van der Waals surface area contributed by atoms with Crippen molar-refractivity contribution in [3.8, 4) is 5.75 Å². The number of Topliss-reactive ketones (excluding diaryl/α,β-unsaturated/α-hetero) is 2. The number of nitrogens with one attached hydrogen (secondary N) is 1. The zero-order valence-corrected chi connectivity index (χ0v) is 35.6. The molecule has 9 rings (SSSR count). The van der Waals surface area contributed by atoms with Crippen molar-refractivity contribution in [1.29, 1.82) is 0 Å². The quantitative estimate of drug-likeness (QED) is 0.148. The summed E-state index contributed by atoms with van der Waals surface area (Å²) in [5.41, 5.74) is 11.5. The normalized spacial score (nSPS) is 41.6. The number of carbonyl (C=O) groups is 2. The number of nitrogen functional groups attached to an aromatic ring is 1. The van der Waals surface area contributed by atoms with Crippen LogP contribution >= 0.6 is 0 Å². The lowest BCUT2D eigenvalue weighted by molar-refractivity contribution is -0.206. The van der Waals surface area contributed by atoms with Crippen molar-refractivity contribution in [2.24, 2.45) is 51.2 Å². The minimum Gasteiger partial charge on any atom is -0.508 e. The molecule has 5 N–H and O–H groups in total. The van der Waals surface area contributed by atoms with Crippen LogP contribution in [0.1, 0.15) is 147 Å². The standard InChI is InChI=1S/C50H68N2O5/c1-28(21-39(54)45-49(6,57-45)36-14-9-13-34(36)30-11-8-12-32(51)24-30)42-37-16-17-41-47(4)26-35(31-22-29(27-52-7)23-33(53)25-31)44(56)46(2,3)40(47)18-20-50(41)19-10-15-38(43(42)55)48(37,50)5/h8,11-12,22-25,28,34-36,38-41,45,52-54H,9-10,13-21,26-27,51H2,1-7H3/t28-,34+,35-,36+,38-,39-,40+,41+,45+,47+,48-,49-,50-/m1/s1. The number of rotatable bonds is 9. The van der Waals surface area contributed by atoms with Crippen LogP contribution in [0.2, 0.25) is 0 Å². The van der Waals surface area contributed by atoms with Gasteiger partial charge in [-0.25, -0.2) is 0 Å². The molecule has 7 aliphatic rings. The number of aliphatic hydroxyl groups is 1. The number of aromatic hydroxyl groups is 1. The maximum atomic E-state index is 14.9. The Morgan fingerprint density at radius 3 is 2.47 bits per heavy atom. The summed E-state index contributed by atoms with van der Waals surface area (Å²) in [7, 11) is 1.91. The van der Waals surface area contributed by atoms with Crippen molar-refractivity contribution < 1.29 is 24.5 Å². The first-order chi connectivity index (χ1) is 27.0. The van der Waals surface area contributed by atoms with Gasteiger partial charge >= 0.3 is 0 Å². The third-order valence-corrected chi connectivity index (χ3v) is 18.4. The molecule has 2 aromatic rings. The van der Waals surface area contributed by atoms with E-state index < -0.39 is 11.5 Å². The predicted octanol–water partition coefficient (Wildman–Crippen LogP) is 9.40. The summed E-state index contributed by atoms with van der Waals surface area (Å²) >= 11 is 0. The van der Waals surface area contributed by atoms with Gasteiger partial charge in [-0.2, -0.15) is 0 Å². The van der Waals surface area contributed by atoms with Gasteiger partial charge in [-0.1, -0.05) is 71.2 Å². The van der Waals surface area contributed by atoms with Gasteiger partial charge in [0.2, 0.25) is 0 Å². The Labute approximate surface area is 341 Å². The lowest BCUT2D eigenvalue weighted by Gasteiger charge is -2.71. The lowest BCUT2D eigenvalue weighted by atomic mass is 9.32. The molecule has 1 heterocycles. The summed E-state index contributed by atoms with van der Waals surface area (Å²) in [4.78, 5) is 29.5. The first-order valence-corrected chi connectivity index (χ1v) is 22.5. The number of aliphatic hydroxyl groups excluding tert-OH is 1. The van der Waals surface area contributed by atoms with Gasteiger partial charge < -0.3 is 26.0 Å². The maximum Gasteiger partial charge on any atom is 0.163 e. The molecule has 7 heteroatoms. The van der Waals surface area contributed by atoms with E-state index in [0.717, 1.165) is 93.0 Å². The molecule has 1 aliphatic heterocycles. The molecule has 5 saturated carbocycles. The molecular formula is C50H68N2O5. The maximum absolute atomic E-state index is 14.9. The SMILES string of the molecule is CNCc1cc(O)cc([C@H]2C[C@@]3(C)[C@@H](CC[C@]45CCC[C@@H]6C(=O)C([C@H](C)C[C@@H](O)[C@@H]7O[C@]7(C)[C@H]7CCC[C@H]7c7cccc(N)c7)=C(CC[C@@H]34)[C@]65C)C(C)(C)C2=O)c1. The van der Waals surface area contributed by atoms with Crippen LogP contribution in [0.5, 0.6) is 5.75 Å². The highest BCUT2D eigenvalue weighted by Crippen LogP contribution is 2.78. The number of nitrogens with two attached hydrogens (primary N) is 1. The molecule has 308 valence electrons. The molecule has 13 atom stereocenters. The van der Waals surface area contributed by atoms with Crippen molar-refractivity contribution in [2.75, 3.05) is 12.8 Å². The second-order valence-electron chi connectivity index (χ2n) is 21.3. The molecule has 57 heavy (non-hydrogen) atoms. The molecule has 0 unspecified atom stereocenters. The number of benzene rings is 2. The summed E-state index contributed by atoms with van der Waals surface area (Å²) in [5, 5.41) is 26.0. The number of ether oxygens (including phenoxy) is 1. The third kappa shape index (κ3) is 5.59. The van der Waals surface area contributed by atoms with Gasteiger partial charge in [0, 0.05) is 34.9 Å². The second kappa shape index (κ2) is 13.5. The van der Waals surface area contributed by atoms with E-state index >= 15 is 0 Å². The van der Waals surface area contributed by atoms with E-state index in [0.29, 0.717) is 42.3 Å². The number of fused-ring (bicyclic) bond motifs is 2. The molecular weight excluding hydrogens is 709 g/mol. The van der Waals surface area contributed by atoms with E-state index in [4.69, 9.17) is 10.5 Å². The highest BCUT2D eigenvalue weighted by molar-refractivity contribution is 6.02. The average molecular weight is 777 g/mol. The third-order valence-electron chi connectivity index (χ3n) is 18.4. The topological polar surface area (TPSA) is 125 Å². The highest BCUT2D eigenvalue weighted by atomic mass is 16.6. The van der Waals surface area contributed by atoms with Gasteiger partial charge in [-0.05, 0) is 165 Å². The Kier molecular flexibility index (Phi) is 9.35. The van der Waals surface area contributed by atoms with Crippen LogP contribution < -0.4 is 11.1 Å². The highest BCUT2D eigenvalue weighted by Gasteiger charge is 2.73. The molecule has 0 bridgehead atoms. The van der Waals surface area contributed by atoms with Gasteiger partial charge in [0.15, 0.2) is 5.78 Å². The second-order valence-corrected chi connectivity index (χ2v) is 21.3. The fourth-order valence-electron chi connectivity index (χ4n) is 16.1. The molecule has 0 aromatic heterocycles. The molecule has 1 spiro atoms. The number of phenolic OH excluding ortho intramolecular Hbond substituents is 1. The van der Waals surface area contributed by atoms with E-state index in [1.54, 1.807) is 6.07 Å². The lowest BCUT2D eigenvalue weighted by Crippen LogP contribution is -2.66. The van der Waals surface area contributed by atoms with Crippen LogP contribution in [0.4, 0.5) is 5.69 Å². The average Bonchev–Trinajstić information content (AvgIpc) is 3.48. The van der Waals surface area contributed by atoms with E-state index in [1.165, 1.54) is 11.1 Å². The van der Waals surface area contributed by atoms with E-state index in [2.05, 4.69) is 65.1 Å². The van der Waals surface area contributed by atoms with Crippen molar-refractivity contribution in [3.63, 3.8) is 0 Å². The zero-order chi connectivity index (χ0) is 40.4. The monoisotopic (exact) mass is 777 g/mol. The predicted molar refractivity (Wildman–Crippen MR) is 224 cm³/mol. The zero-order valence-electron chi connectivity index (χ0n) is 35.6.